The summed E-state index contributed by atoms with van der Waals surface area (Å²) in [5.74, 6) is -0.0475. The number of amides is 2. The van der Waals surface area contributed by atoms with Crippen LogP contribution in [-0.4, -0.2) is 23.3 Å². The van der Waals surface area contributed by atoms with E-state index in [0.29, 0.717) is 23.6 Å². The molecule has 0 aliphatic carbocycles. The first-order valence-corrected chi connectivity index (χ1v) is 11.7. The molecule has 0 radical (unpaired) electrons. The first kappa shape index (κ1) is 22.0. The third kappa shape index (κ3) is 4.89. The van der Waals surface area contributed by atoms with Crippen LogP contribution in [0.1, 0.15) is 50.7 Å². The molecule has 29 heavy (non-hydrogen) atoms. The second-order valence-electron chi connectivity index (χ2n) is 7.40. The zero-order chi connectivity index (χ0) is 21.0. The molecule has 0 bridgehead atoms. The number of carbonyl (C=O) groups is 2. The van der Waals surface area contributed by atoms with E-state index in [9.17, 15) is 9.59 Å². The Morgan fingerprint density at radius 2 is 1.24 bits per heavy atom. The summed E-state index contributed by atoms with van der Waals surface area (Å²) in [6.45, 7) is 4.77. The van der Waals surface area contributed by atoms with Gasteiger partial charge in [0.25, 0.3) is 11.8 Å². The maximum Gasteiger partial charge on any atom is 0.262 e. The predicted molar refractivity (Wildman–Crippen MR) is 125 cm³/mol. The molecule has 0 spiro atoms. The van der Waals surface area contributed by atoms with Crippen molar-refractivity contribution in [1.82, 2.24) is 4.90 Å². The van der Waals surface area contributed by atoms with Crippen molar-refractivity contribution >= 4 is 54.8 Å². The van der Waals surface area contributed by atoms with E-state index >= 15 is 0 Å². The molecule has 1 atom stereocenters. The summed E-state index contributed by atoms with van der Waals surface area (Å²) in [5.41, 5.74) is 2.53. The summed E-state index contributed by atoms with van der Waals surface area (Å²) >= 11 is 6.89. The fourth-order valence-electron chi connectivity index (χ4n) is 3.69. The van der Waals surface area contributed by atoms with Gasteiger partial charge in [-0.15, -0.1) is 0 Å². The number of imide groups is 1. The summed E-state index contributed by atoms with van der Waals surface area (Å²) in [6, 6.07) is 15.2. The Labute approximate surface area is 189 Å². The first-order valence-electron chi connectivity index (χ1n) is 10.1. The van der Waals surface area contributed by atoms with Crippen molar-refractivity contribution in [3.8, 4) is 0 Å². The molecule has 3 rings (SSSR count). The van der Waals surface area contributed by atoms with Crippen molar-refractivity contribution in [3.05, 3.63) is 68.6 Å². The van der Waals surface area contributed by atoms with Crippen LogP contribution in [0.5, 0.6) is 0 Å². The molecule has 3 nitrogen and oxygen atoms in total. The lowest BCUT2D eigenvalue weighted by molar-refractivity contribution is -0.136. The van der Waals surface area contributed by atoms with Gasteiger partial charge in [0.1, 0.15) is 0 Å². The maximum absolute atomic E-state index is 13.4. The fourth-order valence-corrected chi connectivity index (χ4v) is 4.21. The molecule has 0 N–H and O–H groups in total. The molecular weight excluding hydrogens is 494 g/mol. The Kier molecular flexibility index (Phi) is 7.47. The van der Waals surface area contributed by atoms with Crippen molar-refractivity contribution in [2.24, 2.45) is 5.92 Å². The molecule has 0 saturated carbocycles. The van der Waals surface area contributed by atoms with Gasteiger partial charge < -0.3 is 0 Å². The summed E-state index contributed by atoms with van der Waals surface area (Å²) in [6.07, 6.45) is 4.22. The van der Waals surface area contributed by atoms with Gasteiger partial charge in [-0.1, -0.05) is 89.2 Å². The van der Waals surface area contributed by atoms with Gasteiger partial charge in [-0.25, -0.2) is 0 Å². The van der Waals surface area contributed by atoms with Crippen molar-refractivity contribution in [2.45, 2.75) is 39.5 Å². The monoisotopic (exact) mass is 517 g/mol. The van der Waals surface area contributed by atoms with Gasteiger partial charge >= 0.3 is 0 Å². The van der Waals surface area contributed by atoms with Gasteiger partial charge in [-0.05, 0) is 47.7 Å². The van der Waals surface area contributed by atoms with E-state index < -0.39 is 0 Å². The average Bonchev–Trinajstić information content (AvgIpc) is 2.96. The Balaban J connectivity index is 2.03. The average molecular weight is 519 g/mol. The number of halogens is 2. The lowest BCUT2D eigenvalue weighted by atomic mass is 9.96. The minimum absolute atomic E-state index is 0.190. The van der Waals surface area contributed by atoms with Crippen LogP contribution < -0.4 is 0 Å². The number of hydrogen-bond donors (Lipinski definition) is 0. The van der Waals surface area contributed by atoms with Gasteiger partial charge in [-0.2, -0.15) is 0 Å². The van der Waals surface area contributed by atoms with Crippen LogP contribution in [0.2, 0.25) is 0 Å². The summed E-state index contributed by atoms with van der Waals surface area (Å²) < 4.78 is 1.87. The van der Waals surface area contributed by atoms with E-state index in [0.717, 1.165) is 45.8 Å². The van der Waals surface area contributed by atoms with Gasteiger partial charge in [0.05, 0.1) is 11.1 Å². The van der Waals surface area contributed by atoms with E-state index in [2.05, 4.69) is 45.7 Å². The normalized spacial score (nSPS) is 15.4. The van der Waals surface area contributed by atoms with Crippen molar-refractivity contribution < 1.29 is 9.59 Å². The van der Waals surface area contributed by atoms with Crippen molar-refractivity contribution in [2.75, 3.05) is 6.54 Å². The van der Waals surface area contributed by atoms with E-state index in [-0.39, 0.29) is 11.8 Å². The second-order valence-corrected chi connectivity index (χ2v) is 9.23. The number of hydrogen-bond acceptors (Lipinski definition) is 2. The Hall–Kier alpha value is -1.72. The van der Waals surface area contributed by atoms with Crippen LogP contribution in [-0.2, 0) is 9.59 Å². The van der Waals surface area contributed by atoms with Gasteiger partial charge in [0, 0.05) is 15.5 Å². The highest BCUT2D eigenvalue weighted by molar-refractivity contribution is 9.10. The fraction of sp³-hybridized carbons (Fsp3) is 0.333. The molecule has 1 unspecified atom stereocenters. The Bertz CT molecular complexity index is 849. The summed E-state index contributed by atoms with van der Waals surface area (Å²) in [5, 5.41) is 0. The van der Waals surface area contributed by atoms with Crippen LogP contribution in [0.15, 0.2) is 57.5 Å². The maximum atomic E-state index is 13.4. The van der Waals surface area contributed by atoms with E-state index in [4.69, 9.17) is 0 Å². The molecule has 0 fully saturated rings. The van der Waals surface area contributed by atoms with Crippen LogP contribution in [0.3, 0.4) is 0 Å². The van der Waals surface area contributed by atoms with Crippen LogP contribution in [0.25, 0.3) is 11.1 Å². The van der Waals surface area contributed by atoms with E-state index in [1.165, 1.54) is 4.90 Å². The summed E-state index contributed by atoms with van der Waals surface area (Å²) in [7, 11) is 0. The second kappa shape index (κ2) is 9.86. The van der Waals surface area contributed by atoms with Crippen molar-refractivity contribution in [3.63, 3.8) is 0 Å². The highest BCUT2D eigenvalue weighted by Crippen LogP contribution is 2.37. The van der Waals surface area contributed by atoms with E-state index in [1.54, 1.807) is 0 Å². The Morgan fingerprint density at radius 1 is 0.793 bits per heavy atom. The number of nitrogens with zero attached hydrogens (tertiary/aromatic N) is 1. The highest BCUT2D eigenvalue weighted by atomic mass is 79.9. The largest absolute Gasteiger partial charge is 0.274 e. The smallest absolute Gasteiger partial charge is 0.262 e. The third-order valence-electron chi connectivity index (χ3n) is 5.42. The predicted octanol–water partition coefficient (Wildman–Crippen LogP) is 6.71. The van der Waals surface area contributed by atoms with E-state index in [1.807, 2.05) is 48.5 Å². The van der Waals surface area contributed by atoms with Crippen molar-refractivity contribution in [1.29, 1.82) is 0 Å². The zero-order valence-corrected chi connectivity index (χ0v) is 19.9. The molecule has 2 amide bonds. The molecule has 1 aliphatic rings. The quantitative estimate of drug-likeness (QED) is 0.364. The molecule has 1 aliphatic heterocycles. The molecule has 2 aromatic carbocycles. The van der Waals surface area contributed by atoms with Crippen LogP contribution >= 0.6 is 31.9 Å². The molecule has 152 valence electrons. The van der Waals surface area contributed by atoms with Gasteiger partial charge in [-0.3, -0.25) is 14.5 Å². The number of carbonyl (C=O) groups excluding carboxylic acids is 2. The number of benzene rings is 2. The molecule has 2 aromatic rings. The number of rotatable bonds is 8. The first-order chi connectivity index (χ1) is 14.0. The van der Waals surface area contributed by atoms with Crippen LogP contribution in [0, 0.1) is 5.92 Å². The lowest BCUT2D eigenvalue weighted by Crippen LogP contribution is -2.36. The highest BCUT2D eigenvalue weighted by Gasteiger charge is 2.40. The van der Waals surface area contributed by atoms with Gasteiger partial charge in [0.15, 0.2) is 0 Å². The minimum atomic E-state index is -0.190. The topological polar surface area (TPSA) is 37.4 Å². The summed E-state index contributed by atoms with van der Waals surface area (Å²) in [4.78, 5) is 28.3. The molecule has 5 heteroatoms. The number of unbranched alkanes of at least 4 members (excludes halogenated alkanes) is 1. The SMILES string of the molecule is CCCCC(CC)CN1C(=O)C(c2ccc(Br)cc2)=C(c2ccc(Br)cc2)C1=O. The minimum Gasteiger partial charge on any atom is -0.274 e. The molecule has 0 saturated heterocycles. The van der Waals surface area contributed by atoms with Crippen LogP contribution in [0.4, 0.5) is 0 Å². The molecular formula is C24H25Br2NO2. The molecule has 1 heterocycles. The third-order valence-corrected chi connectivity index (χ3v) is 6.48. The zero-order valence-electron chi connectivity index (χ0n) is 16.8. The molecule has 0 aromatic heterocycles. The standard InChI is InChI=1S/C24H25Br2NO2/c1-3-5-6-16(4-2)15-27-23(28)21(17-7-11-19(25)12-8-17)22(24(27)29)18-9-13-20(26)14-10-18/h7-14,16H,3-6,15H2,1-2H3. The van der Waals surface area contributed by atoms with Gasteiger partial charge in [0.2, 0.25) is 0 Å². The Morgan fingerprint density at radius 3 is 1.62 bits per heavy atom. The lowest BCUT2D eigenvalue weighted by Gasteiger charge is -2.22.